The van der Waals surface area contributed by atoms with Crippen molar-refractivity contribution in [2.45, 2.75) is 12.8 Å². The van der Waals surface area contributed by atoms with Crippen LogP contribution in [0.4, 0.5) is 4.39 Å². The Bertz CT molecular complexity index is 671. The minimum absolute atomic E-state index is 0.123. The molecule has 1 amide bonds. The fourth-order valence-electron chi connectivity index (χ4n) is 2.33. The van der Waals surface area contributed by atoms with E-state index in [1.54, 1.807) is 4.90 Å². The Hall–Kier alpha value is -2.69. The molecule has 0 aromatic heterocycles. The third-order valence-electron chi connectivity index (χ3n) is 3.71. The van der Waals surface area contributed by atoms with Crippen LogP contribution in [0.2, 0.25) is 0 Å². The summed E-state index contributed by atoms with van der Waals surface area (Å²) in [6.07, 6.45) is 0.799. The first-order valence-corrected chi connectivity index (χ1v) is 7.75. The highest BCUT2D eigenvalue weighted by Gasteiger charge is 2.17. The highest BCUT2D eigenvalue weighted by Crippen LogP contribution is 2.10. The van der Waals surface area contributed by atoms with E-state index in [4.69, 9.17) is 0 Å². The van der Waals surface area contributed by atoms with Gasteiger partial charge in [0.05, 0.1) is 13.5 Å². The lowest BCUT2D eigenvalue weighted by atomic mass is 10.1. The third kappa shape index (κ3) is 5.19. The third-order valence-corrected chi connectivity index (χ3v) is 3.71. The van der Waals surface area contributed by atoms with Gasteiger partial charge in [0.2, 0.25) is 0 Å². The van der Waals surface area contributed by atoms with Crippen LogP contribution in [-0.2, 0) is 16.0 Å². The van der Waals surface area contributed by atoms with Crippen molar-refractivity contribution in [3.63, 3.8) is 0 Å². The van der Waals surface area contributed by atoms with Crippen LogP contribution in [0.5, 0.6) is 0 Å². The summed E-state index contributed by atoms with van der Waals surface area (Å²) in [6.45, 7) is 0.729. The van der Waals surface area contributed by atoms with Crippen molar-refractivity contribution in [3.8, 4) is 0 Å². The lowest BCUT2D eigenvalue weighted by Gasteiger charge is -2.22. The fraction of sp³-hybridized carbons (Fsp3) is 0.263. The molecule has 0 spiro atoms. The molecule has 0 unspecified atom stereocenters. The van der Waals surface area contributed by atoms with E-state index in [9.17, 15) is 14.0 Å². The maximum absolute atomic E-state index is 13.0. The van der Waals surface area contributed by atoms with Crippen molar-refractivity contribution in [2.75, 3.05) is 20.2 Å². The predicted octanol–water partition coefficient (Wildman–Crippen LogP) is 3.07. The number of methoxy groups -OCH3 is 1. The summed E-state index contributed by atoms with van der Waals surface area (Å²) in [5.41, 5.74) is 1.50. The molecule has 0 aliphatic heterocycles. The zero-order valence-electron chi connectivity index (χ0n) is 13.6. The molecule has 2 aromatic carbocycles. The zero-order valence-corrected chi connectivity index (χ0v) is 13.6. The quantitative estimate of drug-likeness (QED) is 0.734. The van der Waals surface area contributed by atoms with Gasteiger partial charge in [-0.05, 0) is 36.2 Å². The van der Waals surface area contributed by atoms with E-state index in [1.165, 1.54) is 31.4 Å². The number of benzene rings is 2. The highest BCUT2D eigenvalue weighted by molar-refractivity contribution is 5.94. The summed E-state index contributed by atoms with van der Waals surface area (Å²) in [5, 5.41) is 0. The Morgan fingerprint density at radius 1 is 1.00 bits per heavy atom. The van der Waals surface area contributed by atoms with Gasteiger partial charge in [0.1, 0.15) is 5.82 Å². The highest BCUT2D eigenvalue weighted by atomic mass is 19.1. The molecule has 2 rings (SSSR count). The van der Waals surface area contributed by atoms with Crippen LogP contribution >= 0.6 is 0 Å². The molecule has 2 aromatic rings. The van der Waals surface area contributed by atoms with Crippen molar-refractivity contribution < 1.29 is 18.7 Å². The van der Waals surface area contributed by atoms with Crippen molar-refractivity contribution in [2.24, 2.45) is 0 Å². The Kier molecular flexibility index (Phi) is 6.49. The number of amides is 1. The number of carbonyl (C=O) groups is 2. The van der Waals surface area contributed by atoms with E-state index in [1.807, 2.05) is 30.3 Å². The molecule has 5 heteroatoms. The molecule has 0 N–H and O–H groups in total. The number of hydrogen-bond donors (Lipinski definition) is 0. The molecule has 0 saturated heterocycles. The Morgan fingerprint density at radius 3 is 2.29 bits per heavy atom. The standard InChI is InChI=1S/C19H20FNO3/c1-24-18(22)12-14-21(13-11-15-5-3-2-4-6-15)19(23)16-7-9-17(20)10-8-16/h2-10H,11-14H2,1H3. The van der Waals surface area contributed by atoms with E-state index in [0.29, 0.717) is 18.5 Å². The van der Waals surface area contributed by atoms with Crippen LogP contribution in [-0.4, -0.2) is 37.0 Å². The largest absolute Gasteiger partial charge is 0.469 e. The van der Waals surface area contributed by atoms with E-state index in [-0.39, 0.29) is 24.8 Å². The van der Waals surface area contributed by atoms with Gasteiger partial charge in [0.15, 0.2) is 0 Å². The molecule has 0 aliphatic carbocycles. The molecule has 0 atom stereocenters. The fourth-order valence-corrected chi connectivity index (χ4v) is 2.33. The first kappa shape index (κ1) is 17.7. The summed E-state index contributed by atoms with van der Waals surface area (Å²) in [4.78, 5) is 25.6. The van der Waals surface area contributed by atoms with Gasteiger partial charge in [-0.1, -0.05) is 30.3 Å². The summed E-state index contributed by atoms with van der Waals surface area (Å²) >= 11 is 0. The summed E-state index contributed by atoms with van der Waals surface area (Å²) in [5.74, 6) is -0.988. The molecule has 4 nitrogen and oxygen atoms in total. The Morgan fingerprint density at radius 2 is 1.67 bits per heavy atom. The maximum atomic E-state index is 13.0. The van der Waals surface area contributed by atoms with Crippen LogP contribution in [0.25, 0.3) is 0 Å². The first-order valence-electron chi connectivity index (χ1n) is 7.75. The van der Waals surface area contributed by atoms with E-state index in [0.717, 1.165) is 5.56 Å². The lowest BCUT2D eigenvalue weighted by Crippen LogP contribution is -2.35. The van der Waals surface area contributed by atoms with Crippen molar-refractivity contribution in [1.29, 1.82) is 0 Å². The van der Waals surface area contributed by atoms with Gasteiger partial charge in [-0.25, -0.2) is 4.39 Å². The minimum atomic E-state index is -0.392. The monoisotopic (exact) mass is 329 g/mol. The number of rotatable bonds is 7. The van der Waals surface area contributed by atoms with Crippen LogP contribution in [0.3, 0.4) is 0 Å². The average molecular weight is 329 g/mol. The molecule has 0 bridgehead atoms. The SMILES string of the molecule is COC(=O)CCN(CCc1ccccc1)C(=O)c1ccc(F)cc1. The molecular formula is C19H20FNO3. The summed E-state index contributed by atoms with van der Waals surface area (Å²) in [7, 11) is 1.32. The average Bonchev–Trinajstić information content (AvgIpc) is 2.62. The smallest absolute Gasteiger partial charge is 0.307 e. The van der Waals surface area contributed by atoms with E-state index in [2.05, 4.69) is 4.74 Å². The number of halogens is 1. The van der Waals surface area contributed by atoms with Gasteiger partial charge < -0.3 is 9.64 Å². The molecule has 126 valence electrons. The van der Waals surface area contributed by atoms with Crippen molar-refractivity contribution >= 4 is 11.9 Å². The maximum Gasteiger partial charge on any atom is 0.307 e. The molecule has 0 fully saturated rings. The van der Waals surface area contributed by atoms with Crippen LogP contribution in [0.15, 0.2) is 54.6 Å². The number of nitrogens with zero attached hydrogens (tertiary/aromatic N) is 1. The van der Waals surface area contributed by atoms with Gasteiger partial charge in [0, 0.05) is 18.7 Å². The second-order valence-corrected chi connectivity index (χ2v) is 5.36. The first-order chi connectivity index (χ1) is 11.6. The van der Waals surface area contributed by atoms with Crippen molar-refractivity contribution in [3.05, 3.63) is 71.5 Å². The minimum Gasteiger partial charge on any atom is -0.469 e. The van der Waals surface area contributed by atoms with E-state index < -0.39 is 5.82 Å². The molecule has 0 saturated carbocycles. The molecule has 24 heavy (non-hydrogen) atoms. The van der Waals surface area contributed by atoms with Gasteiger partial charge in [-0.3, -0.25) is 9.59 Å². The number of esters is 1. The molecular weight excluding hydrogens is 309 g/mol. The van der Waals surface area contributed by atoms with Gasteiger partial charge in [-0.2, -0.15) is 0 Å². The molecule has 0 heterocycles. The normalized spacial score (nSPS) is 10.2. The van der Waals surface area contributed by atoms with Gasteiger partial charge in [-0.15, -0.1) is 0 Å². The van der Waals surface area contributed by atoms with Gasteiger partial charge >= 0.3 is 5.97 Å². The summed E-state index contributed by atoms with van der Waals surface area (Å²) < 4.78 is 17.7. The molecule has 0 radical (unpaired) electrons. The Labute approximate surface area is 140 Å². The lowest BCUT2D eigenvalue weighted by molar-refractivity contribution is -0.140. The second-order valence-electron chi connectivity index (χ2n) is 5.36. The summed E-state index contributed by atoms with van der Waals surface area (Å²) in [6, 6.07) is 15.2. The molecule has 0 aliphatic rings. The number of ether oxygens (including phenoxy) is 1. The van der Waals surface area contributed by atoms with Crippen LogP contribution in [0.1, 0.15) is 22.3 Å². The number of carbonyl (C=O) groups excluding carboxylic acids is 2. The van der Waals surface area contributed by atoms with E-state index >= 15 is 0 Å². The van der Waals surface area contributed by atoms with Crippen LogP contribution < -0.4 is 0 Å². The Balaban J connectivity index is 2.07. The van der Waals surface area contributed by atoms with Gasteiger partial charge in [0.25, 0.3) is 5.91 Å². The second kappa shape index (κ2) is 8.82. The van der Waals surface area contributed by atoms with Crippen molar-refractivity contribution in [1.82, 2.24) is 4.90 Å². The topological polar surface area (TPSA) is 46.6 Å². The predicted molar refractivity (Wildman–Crippen MR) is 89.1 cm³/mol. The van der Waals surface area contributed by atoms with Crippen LogP contribution in [0, 0.1) is 5.82 Å². The number of hydrogen-bond acceptors (Lipinski definition) is 3. The zero-order chi connectivity index (χ0) is 17.4.